The number of carbonyl (C=O) groups is 1. The highest BCUT2D eigenvalue weighted by atomic mass is 19.4. The van der Waals surface area contributed by atoms with E-state index in [9.17, 15) is 28.4 Å². The van der Waals surface area contributed by atoms with Gasteiger partial charge in [0, 0.05) is 23.5 Å². The molecule has 176 valence electrons. The number of ether oxygens (including phenoxy) is 1. The Morgan fingerprint density at radius 1 is 1.35 bits per heavy atom. The number of aromatic nitrogens is 1. The number of nitriles is 1. The number of hydrogen-bond acceptors (Lipinski definition) is 6. The second-order valence-corrected chi connectivity index (χ2v) is 9.31. The molecule has 1 aromatic carbocycles. The number of amides is 1. The van der Waals surface area contributed by atoms with Gasteiger partial charge < -0.3 is 15.3 Å². The second kappa shape index (κ2) is 7.04. The van der Waals surface area contributed by atoms with Gasteiger partial charge in [0.1, 0.15) is 17.7 Å². The van der Waals surface area contributed by atoms with Crippen LogP contribution in [0.2, 0.25) is 0 Å². The third kappa shape index (κ3) is 3.04. The molecule has 5 rings (SSSR count). The number of likely N-dealkylation sites (N-methyl/N-ethyl adjacent to an activating group) is 1. The zero-order valence-electron chi connectivity index (χ0n) is 18.7. The van der Waals surface area contributed by atoms with E-state index < -0.39 is 34.7 Å². The predicted octanol–water partition coefficient (Wildman–Crippen LogP) is 4.79. The molecule has 2 aliphatic heterocycles. The first-order valence-electron chi connectivity index (χ1n) is 10.7. The second-order valence-electron chi connectivity index (χ2n) is 9.31. The maximum atomic E-state index is 13.5. The zero-order chi connectivity index (χ0) is 24.6. The van der Waals surface area contributed by atoms with Gasteiger partial charge in [-0.3, -0.25) is 4.65 Å². The molecule has 34 heavy (non-hydrogen) atoms. The molecule has 1 aromatic heterocycles. The van der Waals surface area contributed by atoms with Crippen molar-refractivity contribution >= 4 is 17.3 Å². The van der Waals surface area contributed by atoms with E-state index in [0.717, 1.165) is 0 Å². The molecule has 1 amide bonds. The lowest BCUT2D eigenvalue weighted by molar-refractivity contribution is -0.194. The van der Waals surface area contributed by atoms with E-state index in [1.807, 2.05) is 6.07 Å². The Balaban J connectivity index is 1.69. The number of benzene rings is 1. The lowest BCUT2D eigenvalue weighted by atomic mass is 9.76. The van der Waals surface area contributed by atoms with Crippen LogP contribution in [0.3, 0.4) is 0 Å². The van der Waals surface area contributed by atoms with E-state index in [2.05, 4.69) is 10.3 Å². The van der Waals surface area contributed by atoms with Crippen molar-refractivity contribution in [1.29, 1.82) is 5.26 Å². The van der Waals surface area contributed by atoms with Crippen molar-refractivity contribution in [3.8, 4) is 11.9 Å². The fraction of sp³-hybridized carbons (Fsp3) is 0.375. The number of aryl methyl sites for hydroxylation is 1. The maximum Gasteiger partial charge on any atom is 0.397 e. The molecule has 1 saturated carbocycles. The van der Waals surface area contributed by atoms with Gasteiger partial charge in [-0.2, -0.15) is 18.4 Å². The summed E-state index contributed by atoms with van der Waals surface area (Å²) in [4.78, 5) is 17.7. The number of hydroxylamine groups is 2. The number of allylic oxidation sites excluding steroid dienone is 1. The lowest BCUT2D eigenvalue weighted by Gasteiger charge is -2.45. The van der Waals surface area contributed by atoms with E-state index in [1.165, 1.54) is 19.3 Å². The van der Waals surface area contributed by atoms with Gasteiger partial charge in [0.05, 0.1) is 41.4 Å². The van der Waals surface area contributed by atoms with Crippen LogP contribution in [-0.2, 0) is 4.79 Å². The first-order valence-corrected chi connectivity index (χ1v) is 10.7. The van der Waals surface area contributed by atoms with Gasteiger partial charge >= 0.3 is 12.1 Å². The van der Waals surface area contributed by atoms with Crippen LogP contribution in [0, 0.1) is 28.9 Å². The highest BCUT2D eigenvalue weighted by Crippen LogP contribution is 2.58. The first kappa shape index (κ1) is 22.4. The van der Waals surface area contributed by atoms with Crippen LogP contribution >= 0.6 is 0 Å². The van der Waals surface area contributed by atoms with E-state index in [4.69, 9.17) is 4.74 Å². The van der Waals surface area contributed by atoms with E-state index in [1.54, 1.807) is 26.0 Å². The number of fused-ring (bicyclic) bond motifs is 5. The summed E-state index contributed by atoms with van der Waals surface area (Å²) in [5.74, 6) is -1.50. The largest absolute Gasteiger partial charge is 0.620 e. The molecule has 3 heterocycles. The molecule has 3 aliphatic rings. The summed E-state index contributed by atoms with van der Waals surface area (Å²) >= 11 is 0. The van der Waals surface area contributed by atoms with E-state index in [-0.39, 0.29) is 35.5 Å². The molecule has 1 fully saturated rings. The lowest BCUT2D eigenvalue weighted by Crippen LogP contribution is -2.51. The van der Waals surface area contributed by atoms with E-state index >= 15 is 0 Å². The molecular weight excluding hydrogens is 449 g/mol. The summed E-state index contributed by atoms with van der Waals surface area (Å²) in [7, 11) is 1.21. The molecule has 2 atom stereocenters. The Morgan fingerprint density at radius 3 is 2.68 bits per heavy atom. The number of quaternary nitrogens is 1. The summed E-state index contributed by atoms with van der Waals surface area (Å²) in [6.45, 7) is 2.89. The summed E-state index contributed by atoms with van der Waals surface area (Å²) in [6, 6.07) is 6.54. The number of halogens is 3. The number of alkyl halides is 3. The minimum Gasteiger partial charge on any atom is -0.620 e. The summed E-state index contributed by atoms with van der Waals surface area (Å²) in [6.07, 6.45) is -2.91. The normalized spacial score (nSPS) is 24.4. The fourth-order valence-electron chi connectivity index (χ4n) is 4.80. The van der Waals surface area contributed by atoms with Crippen molar-refractivity contribution in [2.75, 3.05) is 19.0 Å². The Labute approximate surface area is 193 Å². The zero-order valence-corrected chi connectivity index (χ0v) is 18.7. The first-order chi connectivity index (χ1) is 15.9. The molecule has 0 spiro atoms. The van der Waals surface area contributed by atoms with Crippen LogP contribution in [0.25, 0.3) is 0 Å². The minimum atomic E-state index is -4.39. The third-order valence-electron chi connectivity index (χ3n) is 7.05. The highest BCUT2D eigenvalue weighted by molar-refractivity contribution is 6.09. The number of nitrogens with one attached hydrogen (secondary N) is 1. The fourth-order valence-corrected chi connectivity index (χ4v) is 4.80. The third-order valence-corrected chi connectivity index (χ3v) is 7.05. The number of carbonyl (C=O) groups excluding carboxylic acids is 1. The molecule has 0 radical (unpaired) electrons. The number of hydrogen-bond donors (Lipinski definition) is 1. The molecular formula is C24H21F3N4O3. The Kier molecular flexibility index (Phi) is 4.63. The minimum absolute atomic E-state index is 0.0104. The molecule has 0 saturated heterocycles. The highest BCUT2D eigenvalue weighted by Gasteiger charge is 2.64. The summed E-state index contributed by atoms with van der Waals surface area (Å²) < 4.78 is 44.9. The summed E-state index contributed by atoms with van der Waals surface area (Å²) in [5.41, 5.74) is 1.33. The number of rotatable bonds is 3. The molecule has 1 aliphatic carbocycles. The molecule has 10 heteroatoms. The van der Waals surface area contributed by atoms with Gasteiger partial charge in [0.15, 0.2) is 0 Å². The summed E-state index contributed by atoms with van der Waals surface area (Å²) in [5, 5.41) is 25.9. The van der Waals surface area contributed by atoms with Gasteiger partial charge in [0.25, 0.3) is 0 Å². The van der Waals surface area contributed by atoms with Gasteiger partial charge in [-0.1, -0.05) is 6.07 Å². The van der Waals surface area contributed by atoms with E-state index in [0.29, 0.717) is 28.1 Å². The number of pyridine rings is 1. The van der Waals surface area contributed by atoms with Gasteiger partial charge in [0.2, 0.25) is 5.88 Å². The molecule has 1 unspecified atom stereocenters. The quantitative estimate of drug-likeness (QED) is 0.512. The van der Waals surface area contributed by atoms with Crippen LogP contribution in [0.15, 0.2) is 35.7 Å². The van der Waals surface area contributed by atoms with Crippen molar-refractivity contribution < 1.29 is 22.7 Å². The van der Waals surface area contributed by atoms with Crippen molar-refractivity contribution in [3.63, 3.8) is 0 Å². The standard InChI is InChI=1S/C24H21F3N4O3/c1-12-10-29-21(34-11-23(6-7-23)24(25,26)27)19-18-15-5-4-14(9-28)8-16(15)31(3,33)22(32)17(18)13(2)30-20(12)19/h4-5,8,10,18,30H,6-7,11H2,1-3H3/t18-,31?/m0/s1. The average molecular weight is 470 g/mol. The molecule has 0 bridgehead atoms. The van der Waals surface area contributed by atoms with Crippen molar-refractivity contribution in [2.45, 2.75) is 38.8 Å². The van der Waals surface area contributed by atoms with Crippen LogP contribution in [0.4, 0.5) is 24.5 Å². The van der Waals surface area contributed by atoms with Crippen LogP contribution < -0.4 is 14.7 Å². The number of anilines is 1. The predicted molar refractivity (Wildman–Crippen MR) is 118 cm³/mol. The van der Waals surface area contributed by atoms with Crippen molar-refractivity contribution in [3.05, 3.63) is 63.1 Å². The van der Waals surface area contributed by atoms with Crippen LogP contribution in [-0.4, -0.2) is 30.7 Å². The Morgan fingerprint density at radius 2 is 2.06 bits per heavy atom. The van der Waals surface area contributed by atoms with Gasteiger partial charge in [-0.25, -0.2) is 9.78 Å². The topological polar surface area (TPSA) is 98.1 Å². The smallest absolute Gasteiger partial charge is 0.397 e. The van der Waals surface area contributed by atoms with Crippen LogP contribution in [0.1, 0.15) is 47.9 Å². The van der Waals surface area contributed by atoms with Crippen LogP contribution in [0.5, 0.6) is 5.88 Å². The SMILES string of the molecule is CC1=C2C(=O)[N+](C)([O-])c3cc(C#N)ccc3[C@@H]2c2c(OCC3(C(F)(F)F)CC3)ncc(C)c2N1. The van der Waals surface area contributed by atoms with Crippen molar-refractivity contribution in [1.82, 2.24) is 9.63 Å². The van der Waals surface area contributed by atoms with Gasteiger partial charge in [-0.15, -0.1) is 0 Å². The molecule has 1 N–H and O–H groups in total. The maximum absolute atomic E-state index is 13.5. The Hall–Kier alpha value is -3.42. The monoisotopic (exact) mass is 470 g/mol. The molecule has 7 nitrogen and oxygen atoms in total. The Bertz CT molecular complexity index is 1320. The van der Waals surface area contributed by atoms with Crippen molar-refractivity contribution in [2.24, 2.45) is 5.41 Å². The number of nitrogens with zero attached hydrogens (tertiary/aromatic N) is 3. The molecule has 2 aromatic rings. The average Bonchev–Trinajstić information content (AvgIpc) is 3.58. The van der Waals surface area contributed by atoms with Gasteiger partial charge in [-0.05, 0) is 38.3 Å².